The van der Waals surface area contributed by atoms with Gasteiger partial charge in [-0.1, -0.05) is 27.5 Å². The molecule has 1 aromatic carbocycles. The van der Waals surface area contributed by atoms with Crippen LogP contribution in [0.3, 0.4) is 0 Å². The van der Waals surface area contributed by atoms with E-state index in [0.717, 1.165) is 15.6 Å². The first-order valence-corrected chi connectivity index (χ1v) is 7.81. The Morgan fingerprint density at radius 2 is 2.05 bits per heavy atom. The Hall–Kier alpha value is -1.63. The van der Waals surface area contributed by atoms with E-state index in [1.54, 1.807) is 12.3 Å². The van der Waals surface area contributed by atoms with Crippen molar-refractivity contribution in [3.8, 4) is 11.5 Å². The first-order valence-electron chi connectivity index (χ1n) is 6.64. The van der Waals surface area contributed by atoms with Gasteiger partial charge in [0.25, 0.3) is 0 Å². The highest BCUT2D eigenvalue weighted by Gasteiger charge is 2.45. The van der Waals surface area contributed by atoms with Crippen molar-refractivity contribution in [3.05, 3.63) is 51.2 Å². The van der Waals surface area contributed by atoms with E-state index in [-0.39, 0.29) is 0 Å². The molecule has 4 rings (SSSR count). The topological polar surface area (TPSA) is 69.7 Å². The molecule has 1 atom stereocenters. The van der Waals surface area contributed by atoms with Crippen molar-refractivity contribution in [2.75, 3.05) is 13.2 Å². The number of hydrogen-bond donors (Lipinski definition) is 1. The summed E-state index contributed by atoms with van der Waals surface area (Å²) in [6.07, 6.45) is 1.60. The van der Waals surface area contributed by atoms with Gasteiger partial charge in [-0.3, -0.25) is 4.99 Å². The van der Waals surface area contributed by atoms with Gasteiger partial charge in [0.2, 0.25) is 0 Å². The molecule has 0 bridgehead atoms. The van der Waals surface area contributed by atoms with Crippen LogP contribution in [0.25, 0.3) is 0 Å². The highest BCUT2D eigenvalue weighted by Crippen LogP contribution is 2.50. The normalized spacial score (nSPS) is 22.5. The van der Waals surface area contributed by atoms with E-state index in [2.05, 4.69) is 20.9 Å². The van der Waals surface area contributed by atoms with Gasteiger partial charge in [-0.2, -0.15) is 0 Å². The third kappa shape index (κ3) is 2.02. The maximum Gasteiger partial charge on any atom is 0.151 e. The standard InChI is InChI=1S/C15H11BrClN3O2/c16-8-1-2-11-9(3-8)15(7-21-6-14(18)20-15)10-4-13(17)19-5-12(10)22-11/h1-5H,6-7H2,(H2,18,20). The Bertz CT molecular complexity index is 758. The number of ether oxygens (including phenoxy) is 2. The zero-order valence-electron chi connectivity index (χ0n) is 11.3. The van der Waals surface area contributed by atoms with Gasteiger partial charge in [-0.25, -0.2) is 4.98 Å². The van der Waals surface area contributed by atoms with Gasteiger partial charge in [-0.15, -0.1) is 0 Å². The number of nitrogens with two attached hydrogens (primary N) is 1. The van der Waals surface area contributed by atoms with Crippen LogP contribution in [-0.4, -0.2) is 24.0 Å². The van der Waals surface area contributed by atoms with Crippen molar-refractivity contribution < 1.29 is 9.47 Å². The summed E-state index contributed by atoms with van der Waals surface area (Å²) < 4.78 is 12.5. The average molecular weight is 381 g/mol. The van der Waals surface area contributed by atoms with Gasteiger partial charge < -0.3 is 15.2 Å². The third-order valence-corrected chi connectivity index (χ3v) is 4.48. The molecule has 1 unspecified atom stereocenters. The van der Waals surface area contributed by atoms with Crippen LogP contribution in [0.2, 0.25) is 5.15 Å². The van der Waals surface area contributed by atoms with Gasteiger partial charge in [0, 0.05) is 15.6 Å². The largest absolute Gasteiger partial charge is 0.455 e. The Labute approximate surface area is 140 Å². The predicted octanol–water partition coefficient (Wildman–Crippen LogP) is 3.23. The number of rotatable bonds is 0. The van der Waals surface area contributed by atoms with Crippen LogP contribution >= 0.6 is 27.5 Å². The fourth-order valence-corrected chi connectivity index (χ4v) is 3.41. The third-order valence-electron chi connectivity index (χ3n) is 3.78. The summed E-state index contributed by atoms with van der Waals surface area (Å²) in [4.78, 5) is 8.81. The molecule has 0 saturated heterocycles. The second-order valence-electron chi connectivity index (χ2n) is 5.20. The van der Waals surface area contributed by atoms with E-state index in [4.69, 9.17) is 31.8 Å². The highest BCUT2D eigenvalue weighted by molar-refractivity contribution is 9.10. The number of aliphatic imine (C=N–C) groups is 1. The lowest BCUT2D eigenvalue weighted by Gasteiger charge is -2.39. The van der Waals surface area contributed by atoms with Crippen molar-refractivity contribution >= 4 is 33.4 Å². The Balaban J connectivity index is 2.05. The van der Waals surface area contributed by atoms with E-state index in [0.29, 0.717) is 35.7 Å². The minimum absolute atomic E-state index is 0.320. The molecule has 112 valence electrons. The molecule has 2 N–H and O–H groups in total. The smallest absolute Gasteiger partial charge is 0.151 e. The minimum atomic E-state index is -0.762. The lowest BCUT2D eigenvalue weighted by molar-refractivity contribution is 0.109. The van der Waals surface area contributed by atoms with Gasteiger partial charge in [-0.05, 0) is 24.3 Å². The molecule has 1 aromatic heterocycles. The molecule has 1 spiro atoms. The molecule has 0 saturated carbocycles. The minimum Gasteiger partial charge on any atom is -0.455 e. The van der Waals surface area contributed by atoms with E-state index in [1.807, 2.05) is 18.2 Å². The van der Waals surface area contributed by atoms with E-state index in [9.17, 15) is 0 Å². The summed E-state index contributed by atoms with van der Waals surface area (Å²) in [5.74, 6) is 1.76. The fourth-order valence-electron chi connectivity index (χ4n) is 2.89. The summed E-state index contributed by atoms with van der Waals surface area (Å²) in [5, 5.41) is 0.375. The second kappa shape index (κ2) is 4.94. The van der Waals surface area contributed by atoms with E-state index in [1.165, 1.54) is 0 Å². The number of hydrogen-bond acceptors (Lipinski definition) is 5. The van der Waals surface area contributed by atoms with E-state index >= 15 is 0 Å². The summed E-state index contributed by atoms with van der Waals surface area (Å²) >= 11 is 9.57. The van der Waals surface area contributed by atoms with Crippen LogP contribution in [0.1, 0.15) is 11.1 Å². The SMILES string of the molecule is NC1=NC2(COC1)c1cc(Br)ccc1Oc1cnc(Cl)cc12. The summed E-state index contributed by atoms with van der Waals surface area (Å²) in [6.45, 7) is 0.688. The first-order chi connectivity index (χ1) is 10.6. The lowest BCUT2D eigenvalue weighted by Crippen LogP contribution is -2.42. The molecule has 0 amide bonds. The monoisotopic (exact) mass is 379 g/mol. The van der Waals surface area contributed by atoms with Crippen LogP contribution in [0.15, 0.2) is 39.9 Å². The van der Waals surface area contributed by atoms with Crippen molar-refractivity contribution in [1.82, 2.24) is 4.98 Å². The maximum absolute atomic E-state index is 6.08. The number of benzene rings is 1. The Morgan fingerprint density at radius 3 is 2.86 bits per heavy atom. The number of amidine groups is 1. The van der Waals surface area contributed by atoms with Gasteiger partial charge in [0.15, 0.2) is 5.75 Å². The molecule has 0 radical (unpaired) electrons. The van der Waals surface area contributed by atoms with Crippen molar-refractivity contribution in [2.24, 2.45) is 10.7 Å². The fraction of sp³-hybridized carbons (Fsp3) is 0.200. The highest BCUT2D eigenvalue weighted by atomic mass is 79.9. The van der Waals surface area contributed by atoms with Crippen LogP contribution in [0.4, 0.5) is 0 Å². The number of pyridine rings is 1. The lowest BCUT2D eigenvalue weighted by atomic mass is 9.81. The van der Waals surface area contributed by atoms with Crippen molar-refractivity contribution in [1.29, 1.82) is 0 Å². The molecule has 2 aliphatic rings. The number of halogens is 2. The molecular weight excluding hydrogens is 370 g/mol. The van der Waals surface area contributed by atoms with E-state index < -0.39 is 5.54 Å². The zero-order valence-corrected chi connectivity index (χ0v) is 13.7. The molecular formula is C15H11BrClN3O2. The number of aromatic nitrogens is 1. The summed E-state index contributed by atoms with van der Waals surface area (Å²) in [6, 6.07) is 7.53. The molecule has 2 aliphatic heterocycles. The molecule has 7 heteroatoms. The Kier molecular flexibility index (Phi) is 3.14. The molecule has 5 nitrogen and oxygen atoms in total. The quantitative estimate of drug-likeness (QED) is 0.712. The van der Waals surface area contributed by atoms with Crippen LogP contribution in [-0.2, 0) is 10.3 Å². The van der Waals surface area contributed by atoms with Crippen LogP contribution in [0, 0.1) is 0 Å². The van der Waals surface area contributed by atoms with Gasteiger partial charge in [0.1, 0.15) is 28.9 Å². The second-order valence-corrected chi connectivity index (χ2v) is 6.50. The van der Waals surface area contributed by atoms with Crippen LogP contribution in [0.5, 0.6) is 11.5 Å². The van der Waals surface area contributed by atoms with Crippen molar-refractivity contribution in [2.45, 2.75) is 5.54 Å². The van der Waals surface area contributed by atoms with Crippen LogP contribution < -0.4 is 10.5 Å². The number of fused-ring (bicyclic) bond motifs is 4. The Morgan fingerprint density at radius 1 is 1.23 bits per heavy atom. The molecule has 0 fully saturated rings. The zero-order chi connectivity index (χ0) is 15.3. The van der Waals surface area contributed by atoms with Gasteiger partial charge >= 0.3 is 0 Å². The predicted molar refractivity (Wildman–Crippen MR) is 86.7 cm³/mol. The molecule has 2 aromatic rings. The van der Waals surface area contributed by atoms with Gasteiger partial charge in [0.05, 0.1) is 12.8 Å². The maximum atomic E-state index is 6.08. The molecule has 3 heterocycles. The van der Waals surface area contributed by atoms with Crippen molar-refractivity contribution in [3.63, 3.8) is 0 Å². The number of nitrogens with zero attached hydrogens (tertiary/aromatic N) is 2. The molecule has 0 aliphatic carbocycles. The average Bonchev–Trinajstić information content (AvgIpc) is 2.49. The molecule has 22 heavy (non-hydrogen) atoms. The summed E-state index contributed by atoms with van der Waals surface area (Å²) in [5.41, 5.74) is 6.89. The first kappa shape index (κ1) is 14.0. The summed E-state index contributed by atoms with van der Waals surface area (Å²) in [7, 11) is 0.